The molecule has 0 atom stereocenters. The Hall–Kier alpha value is -1.65. The van der Waals surface area contributed by atoms with Gasteiger partial charge in [0.1, 0.15) is 0 Å². The van der Waals surface area contributed by atoms with Crippen molar-refractivity contribution < 1.29 is 9.53 Å². The maximum absolute atomic E-state index is 13.2. The molecule has 0 radical (unpaired) electrons. The standard InChI is InChI=1S/C20H25ClN2O2/c1-14-11-16(12-22-14)20(24)23(13-15-5-3-4-6-19(15)21)17-7-9-18(25-2)10-8-17/h3-6,11,17-18H,7-10,12-13H2,1-2H3. The molecule has 1 heterocycles. The molecule has 134 valence electrons. The Balaban J connectivity index is 1.80. The van der Waals surface area contributed by atoms with Crippen LogP contribution < -0.4 is 0 Å². The third kappa shape index (κ3) is 4.31. The Bertz CT molecular complexity index is 691. The molecule has 1 aromatic carbocycles. The molecule has 0 aromatic heterocycles. The Morgan fingerprint density at radius 3 is 2.60 bits per heavy atom. The van der Waals surface area contributed by atoms with E-state index >= 15 is 0 Å². The molecule has 1 amide bonds. The lowest BCUT2D eigenvalue weighted by Gasteiger charge is -2.37. The summed E-state index contributed by atoms with van der Waals surface area (Å²) in [5, 5.41) is 0.707. The topological polar surface area (TPSA) is 41.9 Å². The summed E-state index contributed by atoms with van der Waals surface area (Å²) in [6.45, 7) is 2.96. The molecular weight excluding hydrogens is 336 g/mol. The number of allylic oxidation sites excluding steroid dienone is 1. The van der Waals surface area contributed by atoms with E-state index in [4.69, 9.17) is 16.3 Å². The van der Waals surface area contributed by atoms with Gasteiger partial charge in [-0.15, -0.1) is 0 Å². The number of amides is 1. The SMILES string of the molecule is COC1CCC(N(Cc2ccccc2Cl)C(=O)C2=CC(C)=NC2)CC1. The van der Waals surface area contributed by atoms with Gasteiger partial charge in [-0.25, -0.2) is 0 Å². The summed E-state index contributed by atoms with van der Waals surface area (Å²) in [6.07, 6.45) is 6.11. The van der Waals surface area contributed by atoms with Crippen molar-refractivity contribution in [1.29, 1.82) is 0 Å². The van der Waals surface area contributed by atoms with Crippen molar-refractivity contribution in [1.82, 2.24) is 4.90 Å². The van der Waals surface area contributed by atoms with E-state index in [1.54, 1.807) is 7.11 Å². The predicted octanol–water partition coefficient (Wildman–Crippen LogP) is 4.03. The van der Waals surface area contributed by atoms with Gasteiger partial charge in [-0.1, -0.05) is 29.8 Å². The summed E-state index contributed by atoms with van der Waals surface area (Å²) >= 11 is 6.35. The average molecular weight is 361 g/mol. The smallest absolute Gasteiger partial charge is 0.252 e. The highest BCUT2D eigenvalue weighted by molar-refractivity contribution is 6.31. The number of hydrogen-bond acceptors (Lipinski definition) is 3. The summed E-state index contributed by atoms with van der Waals surface area (Å²) in [6, 6.07) is 7.97. The second-order valence-electron chi connectivity index (χ2n) is 6.82. The van der Waals surface area contributed by atoms with Gasteiger partial charge in [0.2, 0.25) is 0 Å². The number of benzene rings is 1. The fraction of sp³-hybridized carbons (Fsp3) is 0.500. The monoisotopic (exact) mass is 360 g/mol. The van der Waals surface area contributed by atoms with Gasteiger partial charge in [0.15, 0.2) is 0 Å². The van der Waals surface area contributed by atoms with E-state index in [2.05, 4.69) is 4.99 Å². The number of ether oxygens (including phenoxy) is 1. The minimum absolute atomic E-state index is 0.0846. The summed E-state index contributed by atoms with van der Waals surface area (Å²) in [5.41, 5.74) is 2.69. The van der Waals surface area contributed by atoms with Crippen LogP contribution in [0.2, 0.25) is 5.02 Å². The molecule has 1 aromatic rings. The number of nitrogens with zero attached hydrogens (tertiary/aromatic N) is 2. The summed E-state index contributed by atoms with van der Waals surface area (Å²) in [4.78, 5) is 19.5. The summed E-state index contributed by atoms with van der Waals surface area (Å²) in [7, 11) is 1.76. The molecule has 1 fully saturated rings. The molecule has 4 nitrogen and oxygen atoms in total. The largest absolute Gasteiger partial charge is 0.381 e. The number of carbonyl (C=O) groups is 1. The number of rotatable bonds is 5. The van der Waals surface area contributed by atoms with Crippen LogP contribution in [0.3, 0.4) is 0 Å². The predicted molar refractivity (Wildman–Crippen MR) is 101 cm³/mol. The first kappa shape index (κ1) is 18.2. The van der Waals surface area contributed by atoms with Gasteiger partial charge in [-0.05, 0) is 50.3 Å². The molecule has 1 aliphatic carbocycles. The summed E-state index contributed by atoms with van der Waals surface area (Å²) in [5.74, 6) is 0.0846. The number of halogens is 1. The van der Waals surface area contributed by atoms with Crippen LogP contribution in [0.4, 0.5) is 0 Å². The Morgan fingerprint density at radius 2 is 2.00 bits per heavy atom. The molecule has 5 heteroatoms. The first-order valence-corrected chi connectivity index (χ1v) is 9.25. The molecule has 3 rings (SSSR count). The number of aliphatic imine (C=N–C) groups is 1. The highest BCUT2D eigenvalue weighted by Gasteiger charge is 2.31. The molecule has 0 spiro atoms. The van der Waals surface area contributed by atoms with Crippen molar-refractivity contribution in [3.8, 4) is 0 Å². The molecule has 1 saturated carbocycles. The van der Waals surface area contributed by atoms with Crippen molar-refractivity contribution in [2.24, 2.45) is 4.99 Å². The van der Waals surface area contributed by atoms with Crippen LogP contribution in [-0.2, 0) is 16.1 Å². The van der Waals surface area contributed by atoms with Gasteiger partial charge in [0, 0.05) is 36.0 Å². The zero-order valence-corrected chi connectivity index (χ0v) is 15.6. The number of hydrogen-bond donors (Lipinski definition) is 0. The lowest BCUT2D eigenvalue weighted by molar-refractivity contribution is -0.131. The van der Waals surface area contributed by atoms with Gasteiger partial charge in [-0.3, -0.25) is 9.79 Å². The van der Waals surface area contributed by atoms with Crippen LogP contribution in [0.25, 0.3) is 0 Å². The van der Waals surface area contributed by atoms with Gasteiger partial charge in [0.05, 0.1) is 12.6 Å². The lowest BCUT2D eigenvalue weighted by Crippen LogP contribution is -2.43. The second kappa shape index (κ2) is 8.15. The Labute approximate surface area is 154 Å². The molecule has 0 unspecified atom stereocenters. The second-order valence-corrected chi connectivity index (χ2v) is 7.23. The van der Waals surface area contributed by atoms with E-state index in [1.165, 1.54) is 0 Å². The van der Waals surface area contributed by atoms with Gasteiger partial charge < -0.3 is 9.64 Å². The quantitative estimate of drug-likeness (QED) is 0.795. The van der Waals surface area contributed by atoms with Gasteiger partial charge in [-0.2, -0.15) is 0 Å². The highest BCUT2D eigenvalue weighted by atomic mass is 35.5. The van der Waals surface area contributed by atoms with E-state index in [1.807, 2.05) is 42.2 Å². The van der Waals surface area contributed by atoms with E-state index in [0.717, 1.165) is 42.5 Å². The van der Waals surface area contributed by atoms with Crippen molar-refractivity contribution >= 4 is 23.2 Å². The van der Waals surface area contributed by atoms with Crippen molar-refractivity contribution in [2.45, 2.75) is 51.3 Å². The van der Waals surface area contributed by atoms with Gasteiger partial charge >= 0.3 is 0 Å². The van der Waals surface area contributed by atoms with Crippen LogP contribution in [0.15, 0.2) is 40.9 Å². The third-order valence-electron chi connectivity index (χ3n) is 5.13. The minimum atomic E-state index is 0.0846. The Kier molecular flexibility index (Phi) is 5.92. The van der Waals surface area contributed by atoms with Crippen molar-refractivity contribution in [3.63, 3.8) is 0 Å². The third-order valence-corrected chi connectivity index (χ3v) is 5.50. The first-order valence-electron chi connectivity index (χ1n) is 8.87. The normalized spacial score (nSPS) is 23.2. The summed E-state index contributed by atoms with van der Waals surface area (Å²) < 4.78 is 5.48. The molecule has 0 saturated heterocycles. The van der Waals surface area contributed by atoms with Crippen molar-refractivity contribution in [3.05, 3.63) is 46.5 Å². The van der Waals surface area contributed by atoms with Crippen LogP contribution in [0.1, 0.15) is 38.2 Å². The molecule has 25 heavy (non-hydrogen) atoms. The fourth-order valence-corrected chi connectivity index (χ4v) is 3.83. The van der Waals surface area contributed by atoms with E-state index in [-0.39, 0.29) is 11.9 Å². The maximum atomic E-state index is 13.2. The van der Waals surface area contributed by atoms with E-state index < -0.39 is 0 Å². The van der Waals surface area contributed by atoms with E-state index in [9.17, 15) is 4.79 Å². The molecule has 2 aliphatic rings. The fourth-order valence-electron chi connectivity index (χ4n) is 3.64. The molecule has 1 aliphatic heterocycles. The highest BCUT2D eigenvalue weighted by Crippen LogP contribution is 2.29. The van der Waals surface area contributed by atoms with Crippen LogP contribution in [-0.4, -0.2) is 42.3 Å². The maximum Gasteiger partial charge on any atom is 0.252 e. The molecule has 0 N–H and O–H groups in total. The Morgan fingerprint density at radius 1 is 1.28 bits per heavy atom. The van der Waals surface area contributed by atoms with Crippen LogP contribution in [0.5, 0.6) is 0 Å². The lowest BCUT2D eigenvalue weighted by atomic mass is 9.91. The zero-order valence-electron chi connectivity index (χ0n) is 14.9. The molecular formula is C20H25ClN2O2. The number of carbonyl (C=O) groups excluding carboxylic acids is 1. The van der Waals surface area contributed by atoms with Crippen LogP contribution >= 0.6 is 11.6 Å². The first-order chi connectivity index (χ1) is 12.1. The van der Waals surface area contributed by atoms with Crippen LogP contribution in [0, 0.1) is 0 Å². The molecule has 0 bridgehead atoms. The van der Waals surface area contributed by atoms with Gasteiger partial charge in [0.25, 0.3) is 5.91 Å². The van der Waals surface area contributed by atoms with Crippen molar-refractivity contribution in [2.75, 3.05) is 13.7 Å². The average Bonchev–Trinajstić information content (AvgIpc) is 3.07. The zero-order chi connectivity index (χ0) is 17.8. The van der Waals surface area contributed by atoms with E-state index in [0.29, 0.717) is 24.2 Å². The number of methoxy groups -OCH3 is 1. The minimum Gasteiger partial charge on any atom is -0.381 e.